The molecule has 6 heteroatoms. The van der Waals surface area contributed by atoms with E-state index in [1.54, 1.807) is 13.8 Å². The van der Waals surface area contributed by atoms with Gasteiger partial charge in [-0.05, 0) is 31.4 Å². The number of carbonyl (C=O) groups excluding carboxylic acids is 1. The first-order valence-corrected chi connectivity index (χ1v) is 10.2. The van der Waals surface area contributed by atoms with E-state index in [1.807, 2.05) is 60.7 Å². The Bertz CT molecular complexity index is 773. The summed E-state index contributed by atoms with van der Waals surface area (Å²) in [4.78, 5) is 12.3. The number of hydrogen-bond donors (Lipinski definition) is 1. The zero-order valence-corrected chi connectivity index (χ0v) is 17.5. The molecule has 0 spiro atoms. The molecule has 1 aliphatic heterocycles. The van der Waals surface area contributed by atoms with Crippen LogP contribution in [0.25, 0.3) is 0 Å². The van der Waals surface area contributed by atoms with E-state index in [0.717, 1.165) is 17.4 Å². The van der Waals surface area contributed by atoms with Gasteiger partial charge in [0.1, 0.15) is 6.10 Å². The van der Waals surface area contributed by atoms with E-state index in [1.165, 1.54) is 0 Å². The molecule has 2 aromatic carbocycles. The molecule has 2 aromatic rings. The molecule has 1 heterocycles. The Labute approximate surface area is 177 Å². The van der Waals surface area contributed by atoms with Gasteiger partial charge in [0.05, 0.1) is 32.5 Å². The smallest absolute Gasteiger partial charge is 0.175 e. The van der Waals surface area contributed by atoms with Crippen molar-refractivity contribution >= 4 is 6.29 Å². The Morgan fingerprint density at radius 3 is 2.23 bits per heavy atom. The van der Waals surface area contributed by atoms with Crippen LogP contribution in [0.4, 0.5) is 0 Å². The normalized spacial score (nSPS) is 24.5. The lowest BCUT2D eigenvalue weighted by atomic mass is 9.89. The van der Waals surface area contributed by atoms with Crippen LogP contribution in [0.2, 0.25) is 0 Å². The first-order chi connectivity index (χ1) is 14.4. The maximum Gasteiger partial charge on any atom is 0.175 e. The minimum Gasteiger partial charge on any atom is -0.373 e. The fourth-order valence-corrected chi connectivity index (χ4v) is 3.57. The monoisotopic (exact) mass is 414 g/mol. The number of hydrogen-bond acceptors (Lipinski definition) is 6. The standard InChI is InChI=1S/C24H30O6/c1-23(2,26)30-21-13-14-29-24(17-25,18-27-15-19-9-5-3-6-10-19)22(21)28-16-20-11-7-4-8-12-20/h3-12,17,21-22,26H,13-16,18H2,1-2H3/t21?,22?,24-/m1/s1. The molecule has 0 radical (unpaired) electrons. The predicted octanol–water partition coefficient (Wildman–Crippen LogP) is 3.26. The lowest BCUT2D eigenvalue weighted by Crippen LogP contribution is -2.61. The maximum absolute atomic E-state index is 12.3. The molecule has 1 fully saturated rings. The summed E-state index contributed by atoms with van der Waals surface area (Å²) < 4.78 is 23.8. The van der Waals surface area contributed by atoms with E-state index in [0.29, 0.717) is 19.6 Å². The van der Waals surface area contributed by atoms with Gasteiger partial charge < -0.3 is 24.1 Å². The number of carbonyl (C=O) groups is 1. The maximum atomic E-state index is 12.3. The van der Waals surface area contributed by atoms with Gasteiger partial charge in [-0.1, -0.05) is 60.7 Å². The van der Waals surface area contributed by atoms with Crippen molar-refractivity contribution in [2.75, 3.05) is 13.2 Å². The molecule has 1 saturated heterocycles. The summed E-state index contributed by atoms with van der Waals surface area (Å²) in [5, 5.41) is 10.2. The third-order valence-corrected chi connectivity index (χ3v) is 4.94. The van der Waals surface area contributed by atoms with E-state index in [-0.39, 0.29) is 13.2 Å². The average Bonchev–Trinajstić information content (AvgIpc) is 2.73. The minimum atomic E-state index is -1.37. The van der Waals surface area contributed by atoms with E-state index >= 15 is 0 Å². The van der Waals surface area contributed by atoms with E-state index in [4.69, 9.17) is 18.9 Å². The fourth-order valence-electron chi connectivity index (χ4n) is 3.57. The zero-order valence-electron chi connectivity index (χ0n) is 17.5. The van der Waals surface area contributed by atoms with Crippen LogP contribution in [0.3, 0.4) is 0 Å². The van der Waals surface area contributed by atoms with Gasteiger partial charge in [0, 0.05) is 0 Å². The number of aldehydes is 1. The molecule has 0 aliphatic carbocycles. The first kappa shape index (κ1) is 22.6. The van der Waals surface area contributed by atoms with Gasteiger partial charge in [0.25, 0.3) is 0 Å². The van der Waals surface area contributed by atoms with Crippen molar-refractivity contribution in [3.8, 4) is 0 Å². The highest BCUT2D eigenvalue weighted by atomic mass is 16.7. The van der Waals surface area contributed by atoms with Gasteiger partial charge in [-0.2, -0.15) is 0 Å². The van der Waals surface area contributed by atoms with E-state index < -0.39 is 23.6 Å². The Kier molecular flexibility index (Phi) is 7.75. The van der Waals surface area contributed by atoms with Crippen molar-refractivity contribution < 1.29 is 28.8 Å². The predicted molar refractivity (Wildman–Crippen MR) is 112 cm³/mol. The second kappa shape index (κ2) is 10.3. The second-order valence-electron chi connectivity index (χ2n) is 8.01. The second-order valence-corrected chi connectivity index (χ2v) is 8.01. The fraction of sp³-hybridized carbons (Fsp3) is 0.458. The Morgan fingerprint density at radius 2 is 1.67 bits per heavy atom. The molecule has 0 saturated carbocycles. The summed E-state index contributed by atoms with van der Waals surface area (Å²) >= 11 is 0. The summed E-state index contributed by atoms with van der Waals surface area (Å²) in [6, 6.07) is 19.4. The quantitative estimate of drug-likeness (QED) is 0.475. The molecule has 1 aliphatic rings. The lowest BCUT2D eigenvalue weighted by Gasteiger charge is -2.45. The number of aliphatic hydroxyl groups is 1. The minimum absolute atomic E-state index is 0.0244. The molecule has 3 atom stereocenters. The van der Waals surface area contributed by atoms with Crippen molar-refractivity contribution in [2.24, 2.45) is 0 Å². The molecule has 3 rings (SSSR count). The number of rotatable bonds is 10. The average molecular weight is 414 g/mol. The summed E-state index contributed by atoms with van der Waals surface area (Å²) in [6.07, 6.45) is -0.00946. The van der Waals surface area contributed by atoms with Crippen molar-refractivity contribution in [1.82, 2.24) is 0 Å². The molecule has 0 amide bonds. The van der Waals surface area contributed by atoms with Gasteiger partial charge in [0.15, 0.2) is 17.7 Å². The molecule has 0 aromatic heterocycles. The molecule has 6 nitrogen and oxygen atoms in total. The zero-order chi connectivity index (χ0) is 21.5. The van der Waals surface area contributed by atoms with Gasteiger partial charge >= 0.3 is 0 Å². The van der Waals surface area contributed by atoms with Crippen LogP contribution in [0.15, 0.2) is 60.7 Å². The molecule has 1 N–H and O–H groups in total. The molecular weight excluding hydrogens is 384 g/mol. The van der Waals surface area contributed by atoms with Gasteiger partial charge in [0.2, 0.25) is 0 Å². The van der Waals surface area contributed by atoms with E-state index in [2.05, 4.69) is 0 Å². The molecule has 2 unspecified atom stereocenters. The van der Waals surface area contributed by atoms with Crippen LogP contribution in [-0.2, 0) is 37.0 Å². The van der Waals surface area contributed by atoms with E-state index in [9.17, 15) is 9.90 Å². The molecule has 0 bridgehead atoms. The van der Waals surface area contributed by atoms with Crippen LogP contribution in [0.5, 0.6) is 0 Å². The van der Waals surface area contributed by atoms with Crippen LogP contribution in [0, 0.1) is 0 Å². The van der Waals surface area contributed by atoms with Crippen molar-refractivity contribution in [3.05, 3.63) is 71.8 Å². The topological polar surface area (TPSA) is 74.2 Å². The van der Waals surface area contributed by atoms with Gasteiger partial charge in [-0.15, -0.1) is 0 Å². The number of benzene rings is 2. The SMILES string of the molecule is CC(C)(O)OC1CCO[C@](C=O)(COCc2ccccc2)C1OCc1ccccc1. The Morgan fingerprint density at radius 1 is 1.07 bits per heavy atom. The Hall–Kier alpha value is -2.09. The van der Waals surface area contributed by atoms with Gasteiger partial charge in [-0.3, -0.25) is 4.79 Å². The van der Waals surface area contributed by atoms with Crippen LogP contribution in [-0.4, -0.2) is 48.2 Å². The number of ether oxygens (including phenoxy) is 4. The van der Waals surface area contributed by atoms with Crippen LogP contribution >= 0.6 is 0 Å². The summed E-state index contributed by atoms with van der Waals surface area (Å²) in [5.74, 6) is -1.37. The van der Waals surface area contributed by atoms with Crippen molar-refractivity contribution in [3.63, 3.8) is 0 Å². The summed E-state index contributed by atoms with van der Waals surface area (Å²) in [6.45, 7) is 4.09. The Balaban J connectivity index is 1.76. The summed E-state index contributed by atoms with van der Waals surface area (Å²) in [5.41, 5.74) is 0.646. The third kappa shape index (κ3) is 6.20. The molecular formula is C24H30O6. The lowest BCUT2D eigenvalue weighted by molar-refractivity contribution is -0.284. The van der Waals surface area contributed by atoms with Crippen LogP contribution in [0.1, 0.15) is 31.4 Å². The highest BCUT2D eigenvalue weighted by Gasteiger charge is 2.50. The highest BCUT2D eigenvalue weighted by molar-refractivity contribution is 5.64. The van der Waals surface area contributed by atoms with Crippen molar-refractivity contribution in [1.29, 1.82) is 0 Å². The molecule has 162 valence electrons. The highest BCUT2D eigenvalue weighted by Crippen LogP contribution is 2.32. The van der Waals surface area contributed by atoms with Gasteiger partial charge in [-0.25, -0.2) is 0 Å². The van der Waals surface area contributed by atoms with Crippen molar-refractivity contribution in [2.45, 2.75) is 57.1 Å². The third-order valence-electron chi connectivity index (χ3n) is 4.94. The van der Waals surface area contributed by atoms with Crippen LogP contribution < -0.4 is 0 Å². The first-order valence-electron chi connectivity index (χ1n) is 10.2. The summed E-state index contributed by atoms with van der Waals surface area (Å²) in [7, 11) is 0. The molecule has 30 heavy (non-hydrogen) atoms. The largest absolute Gasteiger partial charge is 0.373 e.